The third-order valence-electron chi connectivity index (χ3n) is 4.04. The molecule has 0 aliphatic heterocycles. The minimum absolute atomic E-state index is 0.105. The maximum Gasteiger partial charge on any atom is 0.332 e. The molecule has 2 rings (SSSR count). The van der Waals surface area contributed by atoms with Crippen LogP contribution in [0.5, 0.6) is 0 Å². The highest BCUT2D eigenvalue weighted by Gasteiger charge is 2.15. The standard InChI is InChI=1S/C13H21N4O6P.C4H10/c1-3-22-9-16-8-14-11-10(16)12(18)17(13(19)15(11)2)6-4-5-7-23-24(20)21;1-3-4-2/h8,24H,3-7,9H2,1-2H3,(H,20,21);3-4H2,1-2H3. The Morgan fingerprint density at radius 3 is 2.43 bits per heavy atom. The number of hydrogen-bond donors (Lipinski definition) is 1. The van der Waals surface area contributed by atoms with Gasteiger partial charge in [-0.1, -0.05) is 26.7 Å². The van der Waals surface area contributed by atoms with Gasteiger partial charge in [-0.3, -0.25) is 18.5 Å². The molecule has 0 saturated heterocycles. The lowest BCUT2D eigenvalue weighted by atomic mass is 10.3. The van der Waals surface area contributed by atoms with Crippen molar-refractivity contribution >= 4 is 19.4 Å². The third kappa shape index (κ3) is 6.70. The van der Waals surface area contributed by atoms with Gasteiger partial charge in [-0.25, -0.2) is 9.78 Å². The molecule has 2 aromatic rings. The molecule has 0 aromatic carbocycles. The lowest BCUT2D eigenvalue weighted by Gasteiger charge is -2.09. The molecule has 0 saturated carbocycles. The molecule has 1 N–H and O–H groups in total. The highest BCUT2D eigenvalue weighted by molar-refractivity contribution is 7.32. The van der Waals surface area contributed by atoms with Crippen molar-refractivity contribution in [3.8, 4) is 0 Å². The maximum absolute atomic E-state index is 12.6. The molecule has 1 unspecified atom stereocenters. The summed E-state index contributed by atoms with van der Waals surface area (Å²) < 4.78 is 24.4. The molecule has 2 heterocycles. The van der Waals surface area contributed by atoms with Crippen molar-refractivity contribution in [2.75, 3.05) is 13.2 Å². The van der Waals surface area contributed by atoms with Crippen LogP contribution in [0.4, 0.5) is 0 Å². The van der Waals surface area contributed by atoms with Gasteiger partial charge in [0.2, 0.25) is 0 Å². The first kappa shape index (κ1) is 24.3. The predicted octanol–water partition coefficient (Wildman–Crippen LogP) is 1.88. The lowest BCUT2D eigenvalue weighted by Crippen LogP contribution is -2.39. The molecule has 2 aromatic heterocycles. The van der Waals surface area contributed by atoms with Crippen LogP contribution >= 0.6 is 8.25 Å². The van der Waals surface area contributed by atoms with E-state index < -0.39 is 19.5 Å². The second kappa shape index (κ2) is 12.7. The quantitative estimate of drug-likeness (QED) is 0.462. The third-order valence-corrected chi connectivity index (χ3v) is 4.49. The number of ether oxygens (including phenoxy) is 1. The van der Waals surface area contributed by atoms with E-state index in [0.717, 1.165) is 4.57 Å². The number of hydrogen-bond acceptors (Lipinski definition) is 6. The van der Waals surface area contributed by atoms with E-state index in [0.29, 0.717) is 30.6 Å². The molecule has 160 valence electrons. The fourth-order valence-electron chi connectivity index (χ4n) is 2.34. The van der Waals surface area contributed by atoms with Gasteiger partial charge in [-0.2, -0.15) is 0 Å². The normalized spacial score (nSPS) is 12.0. The van der Waals surface area contributed by atoms with E-state index in [-0.39, 0.29) is 19.9 Å². The van der Waals surface area contributed by atoms with Crippen LogP contribution in [-0.4, -0.2) is 36.8 Å². The number of aromatic nitrogens is 4. The van der Waals surface area contributed by atoms with E-state index in [1.165, 1.54) is 23.7 Å². The average molecular weight is 418 g/mol. The first-order valence-electron chi connectivity index (χ1n) is 9.47. The number of rotatable bonds is 10. The molecule has 0 radical (unpaired) electrons. The predicted molar refractivity (Wildman–Crippen MR) is 108 cm³/mol. The summed E-state index contributed by atoms with van der Waals surface area (Å²) in [6.07, 6.45) is 5.04. The van der Waals surface area contributed by atoms with Gasteiger partial charge in [-0.05, 0) is 19.8 Å². The SMILES string of the molecule is CCCC.CCOCn1cnc2c1c(=O)n(CCCCO[PH](=O)O)c(=O)n2C. The number of unbranched alkanes of at least 4 members (excludes halogenated alkanes) is 2. The van der Waals surface area contributed by atoms with Gasteiger partial charge in [0, 0.05) is 20.2 Å². The Labute approximate surface area is 164 Å². The maximum atomic E-state index is 12.6. The van der Waals surface area contributed by atoms with E-state index in [2.05, 4.69) is 23.4 Å². The zero-order valence-corrected chi connectivity index (χ0v) is 18.0. The number of imidazole rings is 1. The second-order valence-electron chi connectivity index (χ2n) is 6.13. The molecule has 28 heavy (non-hydrogen) atoms. The van der Waals surface area contributed by atoms with Crippen molar-refractivity contribution in [2.24, 2.45) is 7.05 Å². The van der Waals surface area contributed by atoms with Crippen LogP contribution in [0.3, 0.4) is 0 Å². The summed E-state index contributed by atoms with van der Waals surface area (Å²) in [6, 6.07) is 0. The topological polar surface area (TPSA) is 118 Å². The van der Waals surface area contributed by atoms with Crippen molar-refractivity contribution in [1.29, 1.82) is 0 Å². The fourth-order valence-corrected chi connectivity index (χ4v) is 2.66. The molecule has 0 fully saturated rings. The largest absolute Gasteiger partial charge is 0.361 e. The Bertz CT molecular complexity index is 871. The minimum atomic E-state index is -2.95. The van der Waals surface area contributed by atoms with Gasteiger partial charge in [0.1, 0.15) is 6.73 Å². The van der Waals surface area contributed by atoms with Crippen molar-refractivity contribution in [3.05, 3.63) is 27.2 Å². The Balaban J connectivity index is 0.000000892. The summed E-state index contributed by atoms with van der Waals surface area (Å²) in [4.78, 5) is 37.7. The first-order chi connectivity index (χ1) is 13.4. The zero-order valence-electron chi connectivity index (χ0n) is 17.0. The van der Waals surface area contributed by atoms with Crippen LogP contribution in [0, 0.1) is 0 Å². The van der Waals surface area contributed by atoms with Gasteiger partial charge in [0.05, 0.1) is 12.9 Å². The van der Waals surface area contributed by atoms with Crippen molar-refractivity contribution in [2.45, 2.75) is 59.7 Å². The average Bonchev–Trinajstić information content (AvgIpc) is 3.11. The highest BCUT2D eigenvalue weighted by atomic mass is 31.1. The van der Waals surface area contributed by atoms with Gasteiger partial charge < -0.3 is 18.7 Å². The number of aryl methyl sites for hydroxylation is 1. The Morgan fingerprint density at radius 2 is 1.86 bits per heavy atom. The molecule has 1 atom stereocenters. The van der Waals surface area contributed by atoms with Crippen LogP contribution < -0.4 is 11.2 Å². The molecule has 0 aliphatic rings. The summed E-state index contributed by atoms with van der Waals surface area (Å²) in [6.45, 7) is 7.17. The van der Waals surface area contributed by atoms with E-state index in [9.17, 15) is 14.2 Å². The molecule has 10 nitrogen and oxygen atoms in total. The van der Waals surface area contributed by atoms with Crippen LogP contribution in [0.2, 0.25) is 0 Å². The van der Waals surface area contributed by atoms with Crippen LogP contribution in [0.1, 0.15) is 46.5 Å². The molecule has 11 heteroatoms. The van der Waals surface area contributed by atoms with Gasteiger partial charge >= 0.3 is 13.9 Å². The Morgan fingerprint density at radius 1 is 1.18 bits per heavy atom. The fraction of sp³-hybridized carbons (Fsp3) is 0.706. The van der Waals surface area contributed by atoms with Gasteiger partial charge in [-0.15, -0.1) is 0 Å². The molecular weight excluding hydrogens is 387 g/mol. The van der Waals surface area contributed by atoms with E-state index in [1.54, 1.807) is 11.6 Å². The highest BCUT2D eigenvalue weighted by Crippen LogP contribution is 2.14. The summed E-state index contributed by atoms with van der Waals surface area (Å²) in [5.74, 6) is 0. The van der Waals surface area contributed by atoms with E-state index in [4.69, 9.17) is 9.63 Å². The Kier molecular flexibility index (Phi) is 11.0. The van der Waals surface area contributed by atoms with Crippen LogP contribution in [0.15, 0.2) is 15.9 Å². The number of fused-ring (bicyclic) bond motifs is 1. The number of nitrogens with zero attached hydrogens (tertiary/aromatic N) is 4. The lowest BCUT2D eigenvalue weighted by molar-refractivity contribution is 0.0903. The summed E-state index contributed by atoms with van der Waals surface area (Å²) >= 11 is 0. The monoisotopic (exact) mass is 418 g/mol. The van der Waals surface area contributed by atoms with Gasteiger partial charge in [0.25, 0.3) is 5.56 Å². The first-order valence-corrected chi connectivity index (χ1v) is 10.7. The zero-order chi connectivity index (χ0) is 21.1. The second-order valence-corrected chi connectivity index (χ2v) is 6.95. The minimum Gasteiger partial charge on any atom is -0.361 e. The van der Waals surface area contributed by atoms with Gasteiger partial charge in [0.15, 0.2) is 11.2 Å². The molecule has 0 spiro atoms. The van der Waals surface area contributed by atoms with Crippen LogP contribution in [-0.2, 0) is 34.1 Å². The van der Waals surface area contributed by atoms with Crippen LogP contribution in [0.25, 0.3) is 11.2 Å². The summed E-state index contributed by atoms with van der Waals surface area (Å²) in [5, 5.41) is 0. The van der Waals surface area contributed by atoms with E-state index in [1.807, 2.05) is 6.92 Å². The molecule has 0 amide bonds. The molecular formula is C17H31N4O6P. The van der Waals surface area contributed by atoms with E-state index >= 15 is 0 Å². The summed E-state index contributed by atoms with van der Waals surface area (Å²) in [7, 11) is -1.39. The molecule has 0 aliphatic carbocycles. The smallest absolute Gasteiger partial charge is 0.332 e. The van der Waals surface area contributed by atoms with Crippen molar-refractivity contribution < 1.29 is 18.7 Å². The Hall–Kier alpha value is -1.74. The summed E-state index contributed by atoms with van der Waals surface area (Å²) in [5.41, 5.74) is -0.266. The van der Waals surface area contributed by atoms with Crippen molar-refractivity contribution in [3.63, 3.8) is 0 Å². The van der Waals surface area contributed by atoms with Crippen molar-refractivity contribution in [1.82, 2.24) is 18.7 Å². The molecule has 0 bridgehead atoms.